The van der Waals surface area contributed by atoms with E-state index in [1.54, 1.807) is 41.5 Å². The van der Waals surface area contributed by atoms with E-state index in [0.717, 1.165) is 30.8 Å². The number of carbonyl (C=O) groups excluding carboxylic acids is 1. The SMILES string of the molecule is O=C(O)c1ccc(CCNC(=O)c2cc(Cl)ccc2N2CCC3=C(CCCC3)C2)cc1. The van der Waals surface area contributed by atoms with Gasteiger partial charge in [-0.25, -0.2) is 4.79 Å². The Morgan fingerprint density at radius 1 is 1.00 bits per heavy atom. The molecule has 0 unspecified atom stereocenters. The van der Waals surface area contributed by atoms with E-state index in [4.69, 9.17) is 16.7 Å². The van der Waals surface area contributed by atoms with Gasteiger partial charge in [0, 0.05) is 30.3 Å². The van der Waals surface area contributed by atoms with Crippen molar-refractivity contribution in [3.8, 4) is 0 Å². The van der Waals surface area contributed by atoms with Crippen LogP contribution in [0, 0.1) is 0 Å². The van der Waals surface area contributed by atoms with Crippen LogP contribution in [0.25, 0.3) is 0 Å². The number of carbonyl (C=O) groups is 2. The molecule has 6 heteroatoms. The molecule has 1 heterocycles. The van der Waals surface area contributed by atoms with Crippen LogP contribution in [-0.2, 0) is 6.42 Å². The fourth-order valence-corrected chi connectivity index (χ4v) is 4.68. The Bertz CT molecular complexity index is 1010. The molecule has 0 saturated carbocycles. The molecule has 2 aromatic carbocycles. The van der Waals surface area contributed by atoms with Crippen molar-refractivity contribution in [3.63, 3.8) is 0 Å². The smallest absolute Gasteiger partial charge is 0.335 e. The second-order valence-corrected chi connectivity index (χ2v) is 8.69. The van der Waals surface area contributed by atoms with E-state index in [9.17, 15) is 9.59 Å². The van der Waals surface area contributed by atoms with Crippen molar-refractivity contribution in [2.75, 3.05) is 24.5 Å². The minimum Gasteiger partial charge on any atom is -0.478 e. The highest BCUT2D eigenvalue weighted by atomic mass is 35.5. The number of rotatable bonds is 6. The first-order valence-electron chi connectivity index (χ1n) is 10.9. The number of hydrogen-bond donors (Lipinski definition) is 2. The van der Waals surface area contributed by atoms with Gasteiger partial charge in [0.1, 0.15) is 0 Å². The molecule has 0 radical (unpaired) electrons. The largest absolute Gasteiger partial charge is 0.478 e. The summed E-state index contributed by atoms with van der Waals surface area (Å²) in [4.78, 5) is 26.3. The maximum atomic E-state index is 13.0. The van der Waals surface area contributed by atoms with E-state index < -0.39 is 5.97 Å². The zero-order valence-corrected chi connectivity index (χ0v) is 18.3. The van der Waals surface area contributed by atoms with Gasteiger partial charge in [0.2, 0.25) is 0 Å². The number of nitrogens with zero attached hydrogens (tertiary/aromatic N) is 1. The lowest BCUT2D eigenvalue weighted by molar-refractivity contribution is 0.0696. The number of benzene rings is 2. The van der Waals surface area contributed by atoms with Crippen LogP contribution in [0.4, 0.5) is 5.69 Å². The quantitative estimate of drug-likeness (QED) is 0.616. The van der Waals surface area contributed by atoms with Crippen molar-refractivity contribution in [2.24, 2.45) is 0 Å². The summed E-state index contributed by atoms with van der Waals surface area (Å²) in [5.74, 6) is -1.08. The maximum absolute atomic E-state index is 13.0. The highest BCUT2D eigenvalue weighted by Crippen LogP contribution is 2.34. The van der Waals surface area contributed by atoms with Gasteiger partial charge in [-0.15, -0.1) is 0 Å². The molecule has 4 rings (SSSR count). The zero-order valence-electron chi connectivity index (χ0n) is 17.5. The standard InChI is InChI=1S/C25H27ClN2O3/c26-21-9-10-23(28-14-12-18-3-1-2-4-20(18)16-28)22(15-21)24(29)27-13-11-17-5-7-19(8-6-17)25(30)31/h5-10,15H,1-4,11-14,16H2,(H,27,29)(H,30,31). The molecule has 0 fully saturated rings. The minimum atomic E-state index is -0.942. The molecule has 5 nitrogen and oxygen atoms in total. The minimum absolute atomic E-state index is 0.136. The number of aromatic carboxylic acids is 1. The summed E-state index contributed by atoms with van der Waals surface area (Å²) in [7, 11) is 0. The van der Waals surface area contributed by atoms with E-state index >= 15 is 0 Å². The predicted molar refractivity (Wildman–Crippen MR) is 123 cm³/mol. The van der Waals surface area contributed by atoms with E-state index in [1.807, 2.05) is 12.1 Å². The highest BCUT2D eigenvalue weighted by Gasteiger charge is 2.24. The van der Waals surface area contributed by atoms with Gasteiger partial charge in [0.05, 0.1) is 11.1 Å². The molecule has 0 spiro atoms. The van der Waals surface area contributed by atoms with Crippen molar-refractivity contribution in [1.29, 1.82) is 0 Å². The summed E-state index contributed by atoms with van der Waals surface area (Å²) in [6, 6.07) is 12.3. The molecule has 31 heavy (non-hydrogen) atoms. The molecule has 1 aliphatic heterocycles. The number of amides is 1. The first kappa shape index (κ1) is 21.4. The molecule has 0 aromatic heterocycles. The van der Waals surface area contributed by atoms with Crippen LogP contribution in [0.15, 0.2) is 53.6 Å². The van der Waals surface area contributed by atoms with Crippen LogP contribution in [0.1, 0.15) is 58.4 Å². The second-order valence-electron chi connectivity index (χ2n) is 8.26. The van der Waals surface area contributed by atoms with Gasteiger partial charge in [-0.2, -0.15) is 0 Å². The van der Waals surface area contributed by atoms with Crippen LogP contribution in [0.2, 0.25) is 5.02 Å². The van der Waals surface area contributed by atoms with Crippen LogP contribution in [-0.4, -0.2) is 36.6 Å². The van der Waals surface area contributed by atoms with Gasteiger partial charge in [-0.3, -0.25) is 4.79 Å². The van der Waals surface area contributed by atoms with Crippen molar-refractivity contribution >= 4 is 29.2 Å². The molecule has 0 atom stereocenters. The Labute approximate surface area is 187 Å². The third-order valence-corrected chi connectivity index (χ3v) is 6.45. The Hall–Kier alpha value is -2.79. The number of hydrogen-bond acceptors (Lipinski definition) is 3. The first-order valence-corrected chi connectivity index (χ1v) is 11.2. The lowest BCUT2D eigenvalue weighted by Crippen LogP contribution is -2.35. The molecule has 162 valence electrons. The maximum Gasteiger partial charge on any atom is 0.335 e. The molecule has 2 N–H and O–H groups in total. The summed E-state index contributed by atoms with van der Waals surface area (Å²) >= 11 is 6.23. The summed E-state index contributed by atoms with van der Waals surface area (Å²) in [5.41, 5.74) is 5.94. The van der Waals surface area contributed by atoms with Crippen molar-refractivity contribution in [1.82, 2.24) is 5.32 Å². The average Bonchev–Trinajstić information content (AvgIpc) is 2.79. The fraction of sp³-hybridized carbons (Fsp3) is 0.360. The highest BCUT2D eigenvalue weighted by molar-refractivity contribution is 6.31. The predicted octanol–water partition coefficient (Wildman–Crippen LogP) is 5.09. The van der Waals surface area contributed by atoms with E-state index in [2.05, 4.69) is 10.2 Å². The summed E-state index contributed by atoms with van der Waals surface area (Å²) in [5, 5.41) is 12.5. The van der Waals surface area contributed by atoms with Gasteiger partial charge < -0.3 is 15.3 Å². The molecule has 0 bridgehead atoms. The van der Waals surface area contributed by atoms with Crippen LogP contribution < -0.4 is 10.2 Å². The number of halogens is 1. The Morgan fingerprint density at radius 2 is 1.74 bits per heavy atom. The van der Waals surface area contributed by atoms with Crippen LogP contribution in [0.5, 0.6) is 0 Å². The Kier molecular flexibility index (Phi) is 6.62. The Balaban J connectivity index is 1.42. The van der Waals surface area contributed by atoms with Crippen LogP contribution in [0.3, 0.4) is 0 Å². The van der Waals surface area contributed by atoms with Gasteiger partial charge >= 0.3 is 5.97 Å². The molecular formula is C25H27ClN2O3. The van der Waals surface area contributed by atoms with Gasteiger partial charge in [-0.05, 0) is 74.4 Å². The Morgan fingerprint density at radius 3 is 2.48 bits per heavy atom. The third kappa shape index (κ3) is 5.10. The molecule has 1 aliphatic carbocycles. The molecular weight excluding hydrogens is 412 g/mol. The topological polar surface area (TPSA) is 69.6 Å². The first-order chi connectivity index (χ1) is 15.0. The van der Waals surface area contributed by atoms with Crippen molar-refractivity contribution < 1.29 is 14.7 Å². The molecule has 2 aliphatic rings. The summed E-state index contributed by atoms with van der Waals surface area (Å²) in [6.45, 7) is 2.29. The monoisotopic (exact) mass is 438 g/mol. The summed E-state index contributed by atoms with van der Waals surface area (Å²) in [6.07, 6.45) is 6.65. The van der Waals surface area contributed by atoms with Crippen molar-refractivity contribution in [3.05, 3.63) is 75.3 Å². The third-order valence-electron chi connectivity index (χ3n) is 6.22. The fourth-order valence-electron chi connectivity index (χ4n) is 4.50. The number of carboxylic acid groups (broad SMARTS) is 1. The summed E-state index contributed by atoms with van der Waals surface area (Å²) < 4.78 is 0. The lowest BCUT2D eigenvalue weighted by Gasteiger charge is -2.35. The molecule has 0 saturated heterocycles. The number of anilines is 1. The van der Waals surface area contributed by atoms with Crippen molar-refractivity contribution in [2.45, 2.75) is 38.5 Å². The van der Waals surface area contributed by atoms with Gasteiger partial charge in [0.15, 0.2) is 0 Å². The van der Waals surface area contributed by atoms with E-state index in [-0.39, 0.29) is 11.5 Å². The number of carboxylic acids is 1. The van der Waals surface area contributed by atoms with E-state index in [1.165, 1.54) is 25.7 Å². The lowest BCUT2D eigenvalue weighted by atomic mass is 9.87. The second kappa shape index (κ2) is 9.56. The molecule has 1 amide bonds. The molecule has 2 aromatic rings. The van der Waals surface area contributed by atoms with Gasteiger partial charge in [-0.1, -0.05) is 34.9 Å². The number of nitrogens with one attached hydrogen (secondary N) is 1. The van der Waals surface area contributed by atoms with Gasteiger partial charge in [0.25, 0.3) is 5.91 Å². The normalized spacial score (nSPS) is 16.1. The van der Waals surface area contributed by atoms with Crippen LogP contribution >= 0.6 is 11.6 Å². The van der Waals surface area contributed by atoms with E-state index in [0.29, 0.717) is 23.6 Å². The zero-order chi connectivity index (χ0) is 21.8. The average molecular weight is 439 g/mol.